The molecule has 0 aliphatic heterocycles. The quantitative estimate of drug-likeness (QED) is 0.623. The first-order valence-corrected chi connectivity index (χ1v) is 6.48. The van der Waals surface area contributed by atoms with Crippen molar-refractivity contribution in [2.24, 2.45) is 0 Å². The highest BCUT2D eigenvalue weighted by molar-refractivity contribution is 7.86. The Labute approximate surface area is 102 Å². The van der Waals surface area contributed by atoms with Crippen molar-refractivity contribution in [2.45, 2.75) is 4.90 Å². The number of benzene rings is 1. The number of rotatable bonds is 6. The summed E-state index contributed by atoms with van der Waals surface area (Å²) in [7, 11) is -4.23. The van der Waals surface area contributed by atoms with Crippen LogP contribution in [0.25, 0.3) is 0 Å². The molecule has 0 amide bonds. The number of para-hydroxylation sites is 1. The minimum absolute atomic E-state index is 0.108. The first-order chi connectivity index (χ1) is 8.00. The van der Waals surface area contributed by atoms with Gasteiger partial charge in [0, 0.05) is 13.1 Å². The molecule has 1 rings (SSSR count). The first-order valence-electron chi connectivity index (χ1n) is 5.04. The van der Waals surface area contributed by atoms with Crippen molar-refractivity contribution in [1.82, 2.24) is 0 Å². The van der Waals surface area contributed by atoms with Gasteiger partial charge >= 0.3 is 0 Å². The molecule has 0 saturated heterocycles. The van der Waals surface area contributed by atoms with E-state index in [1.54, 1.807) is 35.3 Å². The highest BCUT2D eigenvalue weighted by Crippen LogP contribution is 2.24. The van der Waals surface area contributed by atoms with Gasteiger partial charge in [-0.3, -0.25) is 4.55 Å². The van der Waals surface area contributed by atoms with E-state index in [0.29, 0.717) is 18.8 Å². The minimum Gasteiger partial charge on any atom is -0.363 e. The van der Waals surface area contributed by atoms with Gasteiger partial charge in [-0.05, 0) is 12.1 Å². The predicted molar refractivity (Wildman–Crippen MR) is 68.9 cm³/mol. The summed E-state index contributed by atoms with van der Waals surface area (Å²) < 4.78 is 31.6. The lowest BCUT2D eigenvalue weighted by Gasteiger charge is -2.23. The summed E-state index contributed by atoms with van der Waals surface area (Å²) in [5.74, 6) is 0. The van der Waals surface area contributed by atoms with E-state index in [4.69, 9.17) is 4.55 Å². The summed E-state index contributed by atoms with van der Waals surface area (Å²) in [6.07, 6.45) is 3.31. The van der Waals surface area contributed by atoms with E-state index in [9.17, 15) is 8.42 Å². The Kier molecular flexibility index (Phi) is 4.48. The molecule has 0 fully saturated rings. The van der Waals surface area contributed by atoms with Gasteiger partial charge in [-0.15, -0.1) is 13.2 Å². The fraction of sp³-hybridized carbons (Fsp3) is 0.167. The number of anilines is 1. The van der Waals surface area contributed by atoms with Crippen molar-refractivity contribution in [2.75, 3.05) is 18.0 Å². The van der Waals surface area contributed by atoms with Gasteiger partial charge < -0.3 is 4.90 Å². The zero-order valence-electron chi connectivity index (χ0n) is 9.41. The van der Waals surface area contributed by atoms with Crippen LogP contribution in [0, 0.1) is 0 Å². The molecule has 0 saturated carbocycles. The molecule has 0 spiro atoms. The molecule has 0 atom stereocenters. The van der Waals surface area contributed by atoms with E-state index < -0.39 is 10.1 Å². The Hall–Kier alpha value is -1.59. The minimum atomic E-state index is -4.23. The Balaban J connectivity index is 3.27. The average Bonchev–Trinajstić information content (AvgIpc) is 2.28. The second-order valence-electron chi connectivity index (χ2n) is 3.43. The van der Waals surface area contributed by atoms with Crippen molar-refractivity contribution in [3.8, 4) is 0 Å². The fourth-order valence-corrected chi connectivity index (χ4v) is 2.23. The van der Waals surface area contributed by atoms with E-state index in [1.165, 1.54) is 6.07 Å². The predicted octanol–water partition coefficient (Wildman–Crippen LogP) is 2.11. The molecule has 0 heterocycles. The maximum absolute atomic E-state index is 11.2. The molecule has 4 nitrogen and oxygen atoms in total. The lowest BCUT2D eigenvalue weighted by atomic mass is 10.3. The fourth-order valence-electron chi connectivity index (χ4n) is 1.52. The summed E-state index contributed by atoms with van der Waals surface area (Å²) >= 11 is 0. The van der Waals surface area contributed by atoms with Crippen LogP contribution in [-0.4, -0.2) is 26.1 Å². The molecular weight excluding hydrogens is 238 g/mol. The van der Waals surface area contributed by atoms with Crippen LogP contribution in [0.2, 0.25) is 0 Å². The third kappa shape index (κ3) is 3.44. The number of hydrogen-bond donors (Lipinski definition) is 1. The second-order valence-corrected chi connectivity index (χ2v) is 4.82. The highest BCUT2D eigenvalue weighted by atomic mass is 32.2. The first kappa shape index (κ1) is 13.5. The average molecular weight is 253 g/mol. The van der Waals surface area contributed by atoms with Crippen molar-refractivity contribution in [3.63, 3.8) is 0 Å². The molecule has 1 N–H and O–H groups in total. The Bertz CT molecular complexity index is 498. The maximum Gasteiger partial charge on any atom is 0.296 e. The molecule has 0 aliphatic rings. The van der Waals surface area contributed by atoms with E-state index in [2.05, 4.69) is 13.2 Å². The third-order valence-corrected chi connectivity index (χ3v) is 3.08. The van der Waals surface area contributed by atoms with Gasteiger partial charge in [0.05, 0.1) is 5.69 Å². The van der Waals surface area contributed by atoms with E-state index >= 15 is 0 Å². The normalized spacial score (nSPS) is 10.9. The monoisotopic (exact) mass is 253 g/mol. The molecule has 1 aromatic rings. The van der Waals surface area contributed by atoms with Crippen molar-refractivity contribution in [1.29, 1.82) is 0 Å². The Morgan fingerprint density at radius 1 is 1.18 bits per heavy atom. The van der Waals surface area contributed by atoms with Gasteiger partial charge in [-0.2, -0.15) is 8.42 Å². The van der Waals surface area contributed by atoms with Crippen molar-refractivity contribution < 1.29 is 13.0 Å². The van der Waals surface area contributed by atoms with Crippen LogP contribution in [0.5, 0.6) is 0 Å². The summed E-state index contributed by atoms with van der Waals surface area (Å²) in [6.45, 7) is 8.17. The van der Waals surface area contributed by atoms with Crippen LogP contribution < -0.4 is 4.90 Å². The van der Waals surface area contributed by atoms with Crippen molar-refractivity contribution in [3.05, 3.63) is 49.6 Å². The zero-order chi connectivity index (χ0) is 12.9. The van der Waals surface area contributed by atoms with Crippen LogP contribution in [0.3, 0.4) is 0 Å². The van der Waals surface area contributed by atoms with Gasteiger partial charge in [0.15, 0.2) is 0 Å². The summed E-state index contributed by atoms with van der Waals surface area (Å²) in [5, 5.41) is 0. The SMILES string of the molecule is C=CCN(CC=C)c1ccccc1S(=O)(=O)O. The third-order valence-electron chi connectivity index (χ3n) is 2.18. The molecule has 0 radical (unpaired) electrons. The van der Waals surface area contributed by atoms with E-state index in [-0.39, 0.29) is 4.90 Å². The number of nitrogens with zero attached hydrogens (tertiary/aromatic N) is 1. The molecule has 1 aromatic carbocycles. The largest absolute Gasteiger partial charge is 0.363 e. The highest BCUT2D eigenvalue weighted by Gasteiger charge is 2.17. The van der Waals surface area contributed by atoms with E-state index in [1.807, 2.05) is 0 Å². The Morgan fingerprint density at radius 2 is 1.71 bits per heavy atom. The second kappa shape index (κ2) is 5.65. The van der Waals surface area contributed by atoms with Gasteiger partial charge in [0.25, 0.3) is 10.1 Å². The summed E-state index contributed by atoms with van der Waals surface area (Å²) in [4.78, 5) is 1.65. The van der Waals surface area contributed by atoms with E-state index in [0.717, 1.165) is 0 Å². The van der Waals surface area contributed by atoms with Gasteiger partial charge in [-0.1, -0.05) is 24.3 Å². The van der Waals surface area contributed by atoms with Crippen LogP contribution in [0.4, 0.5) is 5.69 Å². The zero-order valence-corrected chi connectivity index (χ0v) is 10.2. The molecule has 0 bridgehead atoms. The molecule has 5 heteroatoms. The van der Waals surface area contributed by atoms with Gasteiger partial charge in [0.2, 0.25) is 0 Å². The lowest BCUT2D eigenvalue weighted by Crippen LogP contribution is -2.25. The molecule has 17 heavy (non-hydrogen) atoms. The maximum atomic E-state index is 11.2. The molecular formula is C12H15NO3S. The molecule has 0 aliphatic carbocycles. The standard InChI is InChI=1S/C12H15NO3S/c1-3-9-13(10-4-2)11-7-5-6-8-12(11)17(14,15)16/h3-8H,1-2,9-10H2,(H,14,15,16). The van der Waals surface area contributed by atoms with Crippen LogP contribution in [-0.2, 0) is 10.1 Å². The van der Waals surface area contributed by atoms with Crippen LogP contribution in [0.1, 0.15) is 0 Å². The summed E-state index contributed by atoms with van der Waals surface area (Å²) in [6, 6.07) is 6.27. The smallest absolute Gasteiger partial charge is 0.296 e. The van der Waals surface area contributed by atoms with Gasteiger partial charge in [0.1, 0.15) is 4.90 Å². The molecule has 0 unspecified atom stereocenters. The molecule has 92 valence electrons. The number of hydrogen-bond acceptors (Lipinski definition) is 3. The van der Waals surface area contributed by atoms with Crippen LogP contribution in [0.15, 0.2) is 54.5 Å². The Morgan fingerprint density at radius 3 is 2.18 bits per heavy atom. The lowest BCUT2D eigenvalue weighted by molar-refractivity contribution is 0.483. The van der Waals surface area contributed by atoms with Crippen LogP contribution >= 0.6 is 0 Å². The molecule has 0 aromatic heterocycles. The summed E-state index contributed by atoms with van der Waals surface area (Å²) in [5.41, 5.74) is 0.440. The topological polar surface area (TPSA) is 57.6 Å². The van der Waals surface area contributed by atoms with Gasteiger partial charge in [-0.25, -0.2) is 0 Å². The van der Waals surface area contributed by atoms with Crippen molar-refractivity contribution >= 4 is 15.8 Å².